The zero-order chi connectivity index (χ0) is 14.1. The van der Waals surface area contributed by atoms with E-state index in [0.29, 0.717) is 19.5 Å². The zero-order valence-corrected chi connectivity index (χ0v) is 11.7. The van der Waals surface area contributed by atoms with Gasteiger partial charge in [0.05, 0.1) is 9.79 Å². The normalized spacial score (nSPS) is 17.5. The van der Waals surface area contributed by atoms with E-state index in [0.717, 1.165) is 0 Å². The first-order valence-corrected chi connectivity index (χ1v) is 8.58. The lowest BCUT2D eigenvalue weighted by molar-refractivity contribution is 0.437. The number of nitrogens with two attached hydrogens (primary N) is 1. The molecule has 0 radical (unpaired) electrons. The Bertz CT molecular complexity index is 691. The highest BCUT2D eigenvalue weighted by atomic mass is 32.2. The first-order valence-electron chi connectivity index (χ1n) is 5.60. The molecule has 1 aliphatic rings. The summed E-state index contributed by atoms with van der Waals surface area (Å²) in [5, 5.41) is 4.96. The third kappa shape index (κ3) is 3.03. The van der Waals surface area contributed by atoms with Crippen LogP contribution in [-0.2, 0) is 20.0 Å². The topological polar surface area (TPSA) is 97.5 Å². The third-order valence-corrected chi connectivity index (χ3v) is 5.62. The largest absolute Gasteiger partial charge is 0.243 e. The molecule has 6 nitrogen and oxygen atoms in total. The van der Waals surface area contributed by atoms with Gasteiger partial charge in [0.1, 0.15) is 0 Å². The molecule has 0 atom stereocenters. The van der Waals surface area contributed by atoms with E-state index in [2.05, 4.69) is 0 Å². The van der Waals surface area contributed by atoms with Gasteiger partial charge in [0.25, 0.3) is 0 Å². The van der Waals surface area contributed by atoms with E-state index in [1.807, 2.05) is 6.08 Å². The summed E-state index contributed by atoms with van der Waals surface area (Å²) in [4.78, 5) is -0.0415. The van der Waals surface area contributed by atoms with Crippen LogP contribution in [0.15, 0.2) is 46.2 Å². The van der Waals surface area contributed by atoms with Gasteiger partial charge in [-0.3, -0.25) is 0 Å². The van der Waals surface area contributed by atoms with E-state index >= 15 is 0 Å². The molecular formula is C11H14N2O4S2. The minimum Gasteiger partial charge on any atom is -0.225 e. The number of sulfonamides is 2. The fraction of sp³-hybridized carbons (Fsp3) is 0.273. The van der Waals surface area contributed by atoms with Crippen molar-refractivity contribution >= 4 is 20.0 Å². The van der Waals surface area contributed by atoms with Crippen LogP contribution >= 0.6 is 0 Å². The van der Waals surface area contributed by atoms with Crippen molar-refractivity contribution in [3.05, 3.63) is 36.4 Å². The molecule has 0 aliphatic carbocycles. The Labute approximate surface area is 112 Å². The van der Waals surface area contributed by atoms with Crippen LogP contribution in [0.1, 0.15) is 6.42 Å². The number of benzene rings is 1. The fourth-order valence-electron chi connectivity index (χ4n) is 1.79. The van der Waals surface area contributed by atoms with Gasteiger partial charge in [-0.25, -0.2) is 22.0 Å². The molecule has 1 heterocycles. The molecule has 1 aromatic carbocycles. The molecule has 0 aromatic heterocycles. The molecule has 2 N–H and O–H groups in total. The zero-order valence-electron chi connectivity index (χ0n) is 10.1. The minimum atomic E-state index is -3.81. The van der Waals surface area contributed by atoms with Gasteiger partial charge in [-0.05, 0) is 30.7 Å². The maximum atomic E-state index is 12.3. The van der Waals surface area contributed by atoms with Gasteiger partial charge in [0.15, 0.2) is 0 Å². The van der Waals surface area contributed by atoms with Crippen LogP contribution in [0.2, 0.25) is 0 Å². The van der Waals surface area contributed by atoms with E-state index in [1.54, 1.807) is 6.08 Å². The summed E-state index contributed by atoms with van der Waals surface area (Å²) in [5.41, 5.74) is 0. The molecule has 0 amide bonds. The van der Waals surface area contributed by atoms with Crippen LogP contribution in [0.3, 0.4) is 0 Å². The highest BCUT2D eigenvalue weighted by Gasteiger charge is 2.24. The van der Waals surface area contributed by atoms with E-state index in [1.165, 1.54) is 28.6 Å². The Morgan fingerprint density at radius 2 is 1.53 bits per heavy atom. The SMILES string of the molecule is NS(=O)(=O)c1ccc(S(=O)(=O)N2CC=CCC2)cc1. The van der Waals surface area contributed by atoms with Crippen molar-refractivity contribution in [2.24, 2.45) is 5.14 Å². The molecule has 19 heavy (non-hydrogen) atoms. The van der Waals surface area contributed by atoms with Crippen LogP contribution < -0.4 is 5.14 Å². The Morgan fingerprint density at radius 3 is 2.00 bits per heavy atom. The predicted molar refractivity (Wildman–Crippen MR) is 70.3 cm³/mol. The Morgan fingerprint density at radius 1 is 0.947 bits per heavy atom. The van der Waals surface area contributed by atoms with Gasteiger partial charge in [0, 0.05) is 13.1 Å². The Hall–Kier alpha value is -1.22. The highest BCUT2D eigenvalue weighted by Crippen LogP contribution is 2.19. The summed E-state index contributed by atoms with van der Waals surface area (Å²) in [7, 11) is -7.39. The second-order valence-corrected chi connectivity index (χ2v) is 7.64. The minimum absolute atomic E-state index is 0.0650. The summed E-state index contributed by atoms with van der Waals surface area (Å²) < 4.78 is 48.1. The summed E-state index contributed by atoms with van der Waals surface area (Å²) in [6.07, 6.45) is 4.39. The van der Waals surface area contributed by atoms with Gasteiger partial charge in [-0.2, -0.15) is 4.31 Å². The third-order valence-electron chi connectivity index (χ3n) is 2.81. The van der Waals surface area contributed by atoms with Crippen LogP contribution in [-0.4, -0.2) is 34.2 Å². The smallest absolute Gasteiger partial charge is 0.225 e. The van der Waals surface area contributed by atoms with Crippen molar-refractivity contribution < 1.29 is 16.8 Å². The number of hydrogen-bond acceptors (Lipinski definition) is 4. The first-order chi connectivity index (χ1) is 8.82. The number of nitrogens with zero attached hydrogens (tertiary/aromatic N) is 1. The second kappa shape index (κ2) is 5.04. The van der Waals surface area contributed by atoms with Gasteiger partial charge < -0.3 is 0 Å². The Kier molecular flexibility index (Phi) is 3.77. The van der Waals surface area contributed by atoms with Crippen LogP contribution in [0, 0.1) is 0 Å². The summed E-state index contributed by atoms with van der Waals surface area (Å²) in [6.45, 7) is 0.759. The van der Waals surface area contributed by atoms with E-state index in [4.69, 9.17) is 5.14 Å². The monoisotopic (exact) mass is 302 g/mol. The summed E-state index contributed by atoms with van der Waals surface area (Å²) >= 11 is 0. The van der Waals surface area contributed by atoms with Crippen LogP contribution in [0.25, 0.3) is 0 Å². The van der Waals surface area contributed by atoms with Gasteiger partial charge in [0.2, 0.25) is 20.0 Å². The fourth-order valence-corrected chi connectivity index (χ4v) is 3.71. The second-order valence-electron chi connectivity index (χ2n) is 4.14. The number of hydrogen-bond donors (Lipinski definition) is 1. The molecule has 0 saturated carbocycles. The lowest BCUT2D eigenvalue weighted by Gasteiger charge is -2.22. The Balaban J connectivity index is 2.34. The molecule has 104 valence electrons. The molecule has 2 rings (SSSR count). The quantitative estimate of drug-likeness (QED) is 0.811. The molecule has 0 bridgehead atoms. The van der Waals surface area contributed by atoms with Gasteiger partial charge in [-0.15, -0.1) is 0 Å². The van der Waals surface area contributed by atoms with Gasteiger partial charge >= 0.3 is 0 Å². The first kappa shape index (κ1) is 14.2. The average molecular weight is 302 g/mol. The van der Waals surface area contributed by atoms with Crippen LogP contribution in [0.5, 0.6) is 0 Å². The predicted octanol–water partition coefficient (Wildman–Crippen LogP) is 0.285. The van der Waals surface area contributed by atoms with Crippen molar-refractivity contribution in [2.75, 3.05) is 13.1 Å². The van der Waals surface area contributed by atoms with E-state index < -0.39 is 20.0 Å². The molecule has 1 aromatic rings. The lowest BCUT2D eigenvalue weighted by Crippen LogP contribution is -2.33. The van der Waals surface area contributed by atoms with Crippen molar-refractivity contribution in [1.29, 1.82) is 0 Å². The molecular weight excluding hydrogens is 288 g/mol. The average Bonchev–Trinajstić information content (AvgIpc) is 2.39. The lowest BCUT2D eigenvalue weighted by atomic mass is 10.3. The molecule has 8 heteroatoms. The number of rotatable bonds is 3. The highest BCUT2D eigenvalue weighted by molar-refractivity contribution is 7.89. The molecule has 1 aliphatic heterocycles. The number of primary sulfonamides is 1. The molecule has 0 fully saturated rings. The van der Waals surface area contributed by atoms with E-state index in [9.17, 15) is 16.8 Å². The van der Waals surface area contributed by atoms with Gasteiger partial charge in [-0.1, -0.05) is 12.2 Å². The molecule has 0 unspecified atom stereocenters. The van der Waals surface area contributed by atoms with Crippen molar-refractivity contribution in [3.63, 3.8) is 0 Å². The summed E-state index contributed by atoms with van der Waals surface area (Å²) in [5.74, 6) is 0. The van der Waals surface area contributed by atoms with Crippen molar-refractivity contribution in [1.82, 2.24) is 4.31 Å². The van der Waals surface area contributed by atoms with Crippen molar-refractivity contribution in [3.8, 4) is 0 Å². The maximum absolute atomic E-state index is 12.3. The standard InChI is InChI=1S/C11H14N2O4S2/c12-18(14,15)10-4-6-11(7-5-10)19(16,17)13-8-2-1-3-9-13/h1-2,4-7H,3,8-9H2,(H2,12,14,15). The van der Waals surface area contributed by atoms with Crippen molar-refractivity contribution in [2.45, 2.75) is 16.2 Å². The summed E-state index contributed by atoms with van der Waals surface area (Å²) in [6, 6.07) is 4.91. The molecule has 0 spiro atoms. The maximum Gasteiger partial charge on any atom is 0.243 e. The molecule has 0 saturated heterocycles. The van der Waals surface area contributed by atoms with E-state index in [-0.39, 0.29) is 9.79 Å². The van der Waals surface area contributed by atoms with Crippen LogP contribution in [0.4, 0.5) is 0 Å².